The van der Waals surface area contributed by atoms with Crippen molar-refractivity contribution in [3.8, 4) is 0 Å². The number of urea groups is 1. The van der Waals surface area contributed by atoms with Gasteiger partial charge in [0, 0.05) is 23.7 Å². The number of carbonyl (C=O) groups is 3. The third-order valence-electron chi connectivity index (χ3n) is 2.06. The average Bonchev–Trinajstić information content (AvgIpc) is 2.27. The molecule has 3 amide bonds. The van der Waals surface area contributed by atoms with Crippen LogP contribution in [-0.2, 0) is 4.79 Å². The molecule has 8 heteroatoms. The largest absolute Gasteiger partial charge is 0.478 e. The van der Waals surface area contributed by atoms with Crippen LogP contribution in [0.25, 0.3) is 0 Å². The fourth-order valence-corrected chi connectivity index (χ4v) is 1.49. The highest BCUT2D eigenvalue weighted by Gasteiger charge is 2.08. The molecule has 102 valence electrons. The van der Waals surface area contributed by atoms with E-state index >= 15 is 0 Å². The maximum absolute atomic E-state index is 11.4. The van der Waals surface area contributed by atoms with Crippen molar-refractivity contribution in [3.05, 3.63) is 28.8 Å². The summed E-state index contributed by atoms with van der Waals surface area (Å²) in [4.78, 5) is 32.7. The number of anilines is 1. The minimum Gasteiger partial charge on any atom is -0.478 e. The summed E-state index contributed by atoms with van der Waals surface area (Å²) in [7, 11) is 0. The first-order valence-corrected chi connectivity index (χ1v) is 5.63. The van der Waals surface area contributed by atoms with Crippen LogP contribution in [0, 0.1) is 0 Å². The van der Waals surface area contributed by atoms with Crippen LogP contribution in [0.2, 0.25) is 5.02 Å². The Morgan fingerprint density at radius 3 is 2.53 bits per heavy atom. The molecule has 0 aliphatic heterocycles. The van der Waals surface area contributed by atoms with Gasteiger partial charge in [0.1, 0.15) is 0 Å². The van der Waals surface area contributed by atoms with Gasteiger partial charge in [0.25, 0.3) is 0 Å². The summed E-state index contributed by atoms with van der Waals surface area (Å²) in [6.07, 6.45) is 0.0172. The third-order valence-corrected chi connectivity index (χ3v) is 2.28. The highest BCUT2D eigenvalue weighted by Crippen LogP contribution is 2.19. The van der Waals surface area contributed by atoms with Crippen molar-refractivity contribution in [3.63, 3.8) is 0 Å². The Morgan fingerprint density at radius 2 is 1.95 bits per heavy atom. The molecular weight excluding hydrogens is 274 g/mol. The Bertz CT molecular complexity index is 519. The molecule has 0 heterocycles. The van der Waals surface area contributed by atoms with Crippen LogP contribution in [0.4, 0.5) is 10.5 Å². The van der Waals surface area contributed by atoms with Gasteiger partial charge in [-0.1, -0.05) is 11.6 Å². The Hall–Kier alpha value is -2.28. The average molecular weight is 286 g/mol. The van der Waals surface area contributed by atoms with Gasteiger partial charge in [0.15, 0.2) is 0 Å². The van der Waals surface area contributed by atoms with E-state index < -0.39 is 17.9 Å². The molecule has 0 saturated carbocycles. The molecule has 0 aromatic heterocycles. The second kappa shape index (κ2) is 6.60. The summed E-state index contributed by atoms with van der Waals surface area (Å²) in [6.45, 7) is 0.0908. The Morgan fingerprint density at radius 1 is 1.26 bits per heavy atom. The number of hydrogen-bond acceptors (Lipinski definition) is 3. The number of carboxylic acid groups (broad SMARTS) is 1. The van der Waals surface area contributed by atoms with Crippen LogP contribution in [0.1, 0.15) is 16.8 Å². The highest BCUT2D eigenvalue weighted by atomic mass is 35.5. The van der Waals surface area contributed by atoms with Crippen LogP contribution in [0.15, 0.2) is 18.2 Å². The number of benzene rings is 1. The normalized spacial score (nSPS) is 9.74. The van der Waals surface area contributed by atoms with E-state index in [0.717, 1.165) is 0 Å². The quantitative estimate of drug-likeness (QED) is 0.645. The summed E-state index contributed by atoms with van der Waals surface area (Å²) in [5.41, 5.74) is 5.11. The molecule has 0 bridgehead atoms. The minimum absolute atomic E-state index is 0.0172. The van der Waals surface area contributed by atoms with E-state index in [9.17, 15) is 14.4 Å². The van der Waals surface area contributed by atoms with E-state index in [2.05, 4.69) is 10.6 Å². The predicted octanol–water partition coefficient (Wildman–Crippen LogP) is 1.04. The molecule has 19 heavy (non-hydrogen) atoms. The third kappa shape index (κ3) is 5.26. The number of halogens is 1. The Balaban J connectivity index is 2.63. The second-order valence-electron chi connectivity index (χ2n) is 3.63. The number of nitrogens with two attached hydrogens (primary N) is 1. The van der Waals surface area contributed by atoms with E-state index in [4.69, 9.17) is 22.4 Å². The van der Waals surface area contributed by atoms with Crippen LogP contribution < -0.4 is 16.4 Å². The smallest absolute Gasteiger partial charge is 0.335 e. The van der Waals surface area contributed by atoms with Crippen LogP contribution >= 0.6 is 11.6 Å². The van der Waals surface area contributed by atoms with Crippen molar-refractivity contribution >= 4 is 35.2 Å². The number of primary amides is 1. The van der Waals surface area contributed by atoms with Gasteiger partial charge in [0.05, 0.1) is 5.56 Å². The van der Waals surface area contributed by atoms with Crippen LogP contribution in [0.5, 0.6) is 0 Å². The molecule has 7 nitrogen and oxygen atoms in total. The molecule has 0 atom stereocenters. The monoisotopic (exact) mass is 285 g/mol. The zero-order chi connectivity index (χ0) is 14.4. The van der Waals surface area contributed by atoms with Gasteiger partial charge in [-0.05, 0) is 18.2 Å². The van der Waals surface area contributed by atoms with Gasteiger partial charge in [-0.15, -0.1) is 0 Å². The fraction of sp³-hybridized carbons (Fsp3) is 0.182. The summed E-state index contributed by atoms with van der Waals surface area (Å²) >= 11 is 5.73. The van der Waals surface area contributed by atoms with Gasteiger partial charge in [-0.25, -0.2) is 9.59 Å². The number of aromatic carboxylic acids is 1. The Kier molecular flexibility index (Phi) is 5.13. The van der Waals surface area contributed by atoms with Gasteiger partial charge in [0.2, 0.25) is 5.91 Å². The van der Waals surface area contributed by atoms with Gasteiger partial charge in [-0.3, -0.25) is 4.79 Å². The van der Waals surface area contributed by atoms with Gasteiger partial charge < -0.3 is 21.5 Å². The molecule has 1 aromatic carbocycles. The number of amides is 3. The van der Waals surface area contributed by atoms with Crippen molar-refractivity contribution in [1.82, 2.24) is 5.32 Å². The molecule has 0 aliphatic rings. The molecule has 0 aliphatic carbocycles. The van der Waals surface area contributed by atoms with Crippen molar-refractivity contribution in [1.29, 1.82) is 0 Å². The van der Waals surface area contributed by atoms with E-state index in [1.807, 2.05) is 0 Å². The maximum Gasteiger partial charge on any atom is 0.335 e. The summed E-state index contributed by atoms with van der Waals surface area (Å²) < 4.78 is 0. The lowest BCUT2D eigenvalue weighted by molar-refractivity contribution is -0.117. The molecule has 0 spiro atoms. The van der Waals surface area contributed by atoms with Crippen molar-refractivity contribution in [2.75, 3.05) is 11.9 Å². The SMILES string of the molecule is NC(=O)CCNC(=O)Nc1cc(Cl)cc(C(=O)O)c1. The number of nitrogens with one attached hydrogen (secondary N) is 2. The number of hydrogen-bond donors (Lipinski definition) is 4. The van der Waals surface area contributed by atoms with Crippen molar-refractivity contribution < 1.29 is 19.5 Å². The second-order valence-corrected chi connectivity index (χ2v) is 4.07. The zero-order valence-corrected chi connectivity index (χ0v) is 10.5. The van der Waals surface area contributed by atoms with E-state index in [1.165, 1.54) is 18.2 Å². The predicted molar refractivity (Wildman–Crippen MR) is 69.2 cm³/mol. The lowest BCUT2D eigenvalue weighted by Crippen LogP contribution is -2.31. The number of carboxylic acids is 1. The van der Waals surface area contributed by atoms with E-state index in [1.54, 1.807) is 0 Å². The first-order chi connectivity index (χ1) is 8.88. The van der Waals surface area contributed by atoms with Crippen molar-refractivity contribution in [2.45, 2.75) is 6.42 Å². The fourth-order valence-electron chi connectivity index (χ4n) is 1.26. The first kappa shape index (κ1) is 14.8. The lowest BCUT2D eigenvalue weighted by Gasteiger charge is -2.08. The maximum atomic E-state index is 11.4. The number of carbonyl (C=O) groups excluding carboxylic acids is 2. The van der Waals surface area contributed by atoms with Crippen LogP contribution in [0.3, 0.4) is 0 Å². The van der Waals surface area contributed by atoms with E-state index in [0.29, 0.717) is 0 Å². The molecule has 1 aromatic rings. The minimum atomic E-state index is -1.15. The van der Waals surface area contributed by atoms with Gasteiger partial charge >= 0.3 is 12.0 Å². The molecule has 0 fully saturated rings. The summed E-state index contributed by atoms with van der Waals surface area (Å²) in [5, 5.41) is 13.8. The topological polar surface area (TPSA) is 122 Å². The van der Waals surface area contributed by atoms with Crippen molar-refractivity contribution in [2.24, 2.45) is 5.73 Å². The Labute approximate surface area is 113 Å². The first-order valence-electron chi connectivity index (χ1n) is 5.25. The molecule has 5 N–H and O–H groups in total. The van der Waals surface area contributed by atoms with Crippen LogP contribution in [-0.4, -0.2) is 29.6 Å². The zero-order valence-electron chi connectivity index (χ0n) is 9.77. The molecule has 0 saturated heterocycles. The molecule has 0 radical (unpaired) electrons. The summed E-state index contributed by atoms with van der Waals surface area (Å²) in [5.74, 6) is -1.68. The molecule has 1 rings (SSSR count). The number of rotatable bonds is 5. The lowest BCUT2D eigenvalue weighted by atomic mass is 10.2. The van der Waals surface area contributed by atoms with E-state index in [-0.39, 0.29) is 29.2 Å². The van der Waals surface area contributed by atoms with Gasteiger partial charge in [-0.2, -0.15) is 0 Å². The molecular formula is C11H12ClN3O4. The standard InChI is InChI=1S/C11H12ClN3O4/c12-7-3-6(10(17)18)4-8(5-7)15-11(19)14-2-1-9(13)16/h3-5H,1-2H2,(H2,13,16)(H,17,18)(H2,14,15,19). The highest BCUT2D eigenvalue weighted by molar-refractivity contribution is 6.31. The molecule has 0 unspecified atom stereocenters. The summed E-state index contributed by atoms with van der Waals surface area (Å²) in [6, 6.07) is 3.35.